The minimum atomic E-state index is -5.03. The predicted octanol–water partition coefficient (Wildman–Crippen LogP) is 2.02. The first-order chi connectivity index (χ1) is 19.5. The third-order valence-corrected chi connectivity index (χ3v) is 9.00. The molecule has 1 amide bonds. The summed E-state index contributed by atoms with van der Waals surface area (Å²) in [5, 5.41) is 12.9. The second-order valence-electron chi connectivity index (χ2n) is 10.9. The number of nitrogens with one attached hydrogen (secondary N) is 1. The highest BCUT2D eigenvalue weighted by molar-refractivity contribution is 7.82. The van der Waals surface area contributed by atoms with Crippen molar-refractivity contribution in [2.45, 2.75) is 62.6 Å². The largest absolute Gasteiger partial charge is 0.469 e. The molecule has 1 fully saturated rings. The highest BCUT2D eigenvalue weighted by Crippen LogP contribution is 2.39. The average Bonchev–Trinajstić information content (AvgIpc) is 3.56. The van der Waals surface area contributed by atoms with Gasteiger partial charge in [-0.3, -0.25) is 4.52 Å². The van der Waals surface area contributed by atoms with E-state index in [1.54, 1.807) is 16.4 Å². The summed E-state index contributed by atoms with van der Waals surface area (Å²) in [6.07, 6.45) is -0.408. The molecule has 2 aromatic rings. The molecule has 0 aliphatic carbocycles. The van der Waals surface area contributed by atoms with Gasteiger partial charge in [0.2, 0.25) is 0 Å². The summed E-state index contributed by atoms with van der Waals surface area (Å²) in [5.74, 6) is 0.0544. The Bertz CT molecular complexity index is 1240. The van der Waals surface area contributed by atoms with Gasteiger partial charge in [-0.2, -0.15) is 0 Å². The van der Waals surface area contributed by atoms with Gasteiger partial charge in [-0.25, -0.2) is 17.9 Å². The Labute approximate surface area is 243 Å². The van der Waals surface area contributed by atoms with Crippen LogP contribution in [-0.2, 0) is 42.4 Å². The van der Waals surface area contributed by atoms with Crippen molar-refractivity contribution in [1.29, 1.82) is 0 Å². The van der Waals surface area contributed by atoms with Gasteiger partial charge < -0.3 is 29.6 Å². The lowest BCUT2D eigenvalue weighted by Crippen LogP contribution is -2.51. The number of rotatable bonds is 13. The molecule has 14 heteroatoms. The summed E-state index contributed by atoms with van der Waals surface area (Å²) in [5.41, 5.74) is 2.55. The Balaban J connectivity index is 1.62. The van der Waals surface area contributed by atoms with Crippen LogP contribution in [0, 0.1) is 5.92 Å². The van der Waals surface area contributed by atoms with Crippen LogP contribution in [0.4, 0.5) is 4.79 Å². The molecule has 4 rings (SSSR count). The fourth-order valence-electron chi connectivity index (χ4n) is 5.14. The van der Waals surface area contributed by atoms with Crippen molar-refractivity contribution in [3.63, 3.8) is 0 Å². The number of phosphoric ester groups is 1. The van der Waals surface area contributed by atoms with Gasteiger partial charge in [0.15, 0.2) is 0 Å². The minimum Gasteiger partial charge on any atom is -0.446 e. The number of fused-ring (bicyclic) bond motifs is 1. The molecule has 4 atom stereocenters. The molecule has 2 aromatic carbocycles. The van der Waals surface area contributed by atoms with E-state index < -0.39 is 50.1 Å². The van der Waals surface area contributed by atoms with Gasteiger partial charge in [-0.15, -0.1) is 0 Å². The van der Waals surface area contributed by atoms with Gasteiger partial charge in [0.1, 0.15) is 23.2 Å². The molecule has 0 radical (unpaired) electrons. The molecular weight excluding hydrogens is 570 g/mol. The normalized spacial score (nSPS) is 19.3. The van der Waals surface area contributed by atoms with Crippen molar-refractivity contribution < 1.29 is 42.4 Å². The van der Waals surface area contributed by atoms with E-state index in [-0.39, 0.29) is 25.5 Å². The van der Waals surface area contributed by atoms with Crippen LogP contribution in [-0.4, -0.2) is 80.9 Å². The van der Waals surface area contributed by atoms with E-state index >= 15 is 0 Å². The van der Waals surface area contributed by atoms with Gasteiger partial charge in [0, 0.05) is 19.5 Å². The van der Waals surface area contributed by atoms with Crippen molar-refractivity contribution in [1.82, 2.24) is 9.62 Å². The molecular formula is C27H38BN2O9PS. The number of nitrogens with zero attached hydrogens (tertiary/aromatic N) is 1. The van der Waals surface area contributed by atoms with Crippen LogP contribution in [0.2, 0.25) is 6.32 Å². The molecule has 224 valence electrons. The quantitative estimate of drug-likeness (QED) is 0.198. The van der Waals surface area contributed by atoms with Gasteiger partial charge in [0.05, 0.1) is 24.2 Å². The summed E-state index contributed by atoms with van der Waals surface area (Å²) >= 11 is 0. The van der Waals surface area contributed by atoms with Gasteiger partial charge in [0.25, 0.3) is 0 Å². The van der Waals surface area contributed by atoms with Gasteiger partial charge in [-0.1, -0.05) is 55.8 Å². The van der Waals surface area contributed by atoms with E-state index in [4.69, 9.17) is 14.0 Å². The number of hydrogen-bond acceptors (Lipinski definition) is 7. The number of amides is 1. The van der Waals surface area contributed by atoms with Crippen molar-refractivity contribution in [2.24, 2.45) is 5.92 Å². The average molecular weight is 608 g/mol. The number of hydrogen-bond donors (Lipinski definition) is 4. The number of alkyl carbamates (subject to hydrolysis) is 1. The third-order valence-electron chi connectivity index (χ3n) is 7.03. The summed E-state index contributed by atoms with van der Waals surface area (Å²) in [6, 6.07) is 13.5. The summed E-state index contributed by atoms with van der Waals surface area (Å²) in [6.45, 7) is 4.28. The van der Waals surface area contributed by atoms with Gasteiger partial charge in [-0.05, 0) is 48.2 Å². The Hall–Kier alpha value is -2.09. The van der Waals surface area contributed by atoms with Crippen LogP contribution in [0.5, 0.6) is 0 Å². The highest BCUT2D eigenvalue weighted by Gasteiger charge is 2.35. The Morgan fingerprint density at radius 1 is 1.22 bits per heavy atom. The van der Waals surface area contributed by atoms with E-state index in [1.165, 1.54) is 0 Å². The maximum atomic E-state index is 13.9. The second kappa shape index (κ2) is 14.4. The monoisotopic (exact) mass is 608 g/mol. The molecule has 0 spiro atoms. The number of aryl methyl sites for hydroxylation is 1. The lowest BCUT2D eigenvalue weighted by molar-refractivity contribution is 0.0606. The first-order valence-corrected chi connectivity index (χ1v) is 16.4. The molecule has 0 aromatic heterocycles. The Kier molecular flexibility index (Phi) is 11.2. The van der Waals surface area contributed by atoms with Crippen LogP contribution in [0.25, 0.3) is 0 Å². The summed E-state index contributed by atoms with van der Waals surface area (Å²) in [7, 11) is -6.74. The molecule has 41 heavy (non-hydrogen) atoms. The second-order valence-corrected chi connectivity index (χ2v) is 13.5. The number of carbonyl (C=O) groups is 1. The molecule has 2 aliphatic heterocycles. The first kappa shape index (κ1) is 31.8. The molecule has 2 aliphatic rings. The third kappa shape index (κ3) is 9.46. The highest BCUT2D eigenvalue weighted by atomic mass is 32.2. The summed E-state index contributed by atoms with van der Waals surface area (Å²) < 4.78 is 43.7. The topological polar surface area (TPSA) is 155 Å². The molecule has 1 unspecified atom stereocenters. The van der Waals surface area contributed by atoms with Crippen molar-refractivity contribution in [2.75, 3.05) is 26.3 Å². The first-order valence-electron chi connectivity index (χ1n) is 13.8. The number of ether oxygens (including phenoxy) is 2. The molecule has 0 bridgehead atoms. The fraction of sp³-hybridized carbons (Fsp3) is 0.519. The Morgan fingerprint density at radius 3 is 2.63 bits per heavy atom. The number of carbonyl (C=O) groups excluding carboxylic acids is 1. The van der Waals surface area contributed by atoms with Gasteiger partial charge >= 0.3 is 20.8 Å². The molecule has 4 N–H and O–H groups in total. The lowest BCUT2D eigenvalue weighted by atomic mass is 9.63. The van der Waals surface area contributed by atoms with Crippen LogP contribution in [0.3, 0.4) is 0 Å². The SMILES string of the molecule is CC(C)CN(C[C@@H](OP(=O)(O)O)[C@H](Cc1ccccc1)NC(=O)O[C@H]1CCOC1)S(=O)c1ccc2c(c1)CCB2O. The standard InChI is InChI=1S/C27H38BN2O9PS/c1-19(2)16-30(41(36)23-8-9-24-21(15-23)10-12-28(24)32)17-26(39-40(33,34)35)25(14-20-6-4-3-5-7-20)29-27(31)38-22-11-13-37-18-22/h3-9,15,19,22,25-26,32H,10-14,16-18H2,1-2H3,(H,29,31)(H2,33,34,35)/t22-,25-,26+,41?/m0/s1. The number of phosphoric acid groups is 1. The van der Waals surface area contributed by atoms with Crippen molar-refractivity contribution in [3.05, 3.63) is 59.7 Å². The zero-order valence-electron chi connectivity index (χ0n) is 23.3. The minimum absolute atomic E-state index is 0.0544. The van der Waals surface area contributed by atoms with E-state index in [2.05, 4.69) is 5.32 Å². The van der Waals surface area contributed by atoms with Crippen LogP contribution >= 0.6 is 7.82 Å². The molecule has 1 saturated heterocycles. The maximum Gasteiger partial charge on any atom is 0.469 e. The fourth-order valence-corrected chi connectivity index (χ4v) is 7.15. The maximum absolute atomic E-state index is 13.9. The van der Waals surface area contributed by atoms with Crippen LogP contribution in [0.1, 0.15) is 31.4 Å². The van der Waals surface area contributed by atoms with Crippen LogP contribution < -0.4 is 10.8 Å². The van der Waals surface area contributed by atoms with E-state index in [0.29, 0.717) is 37.2 Å². The van der Waals surface area contributed by atoms with Crippen LogP contribution in [0.15, 0.2) is 53.4 Å². The Morgan fingerprint density at radius 2 is 1.98 bits per heavy atom. The van der Waals surface area contributed by atoms with E-state index in [0.717, 1.165) is 16.6 Å². The predicted molar refractivity (Wildman–Crippen MR) is 155 cm³/mol. The van der Waals surface area contributed by atoms with E-state index in [1.807, 2.05) is 50.2 Å². The van der Waals surface area contributed by atoms with E-state index in [9.17, 15) is 28.4 Å². The lowest BCUT2D eigenvalue weighted by Gasteiger charge is -2.33. The molecule has 0 saturated carbocycles. The summed E-state index contributed by atoms with van der Waals surface area (Å²) in [4.78, 5) is 33.1. The zero-order valence-corrected chi connectivity index (χ0v) is 25.0. The molecule has 11 nitrogen and oxygen atoms in total. The number of benzene rings is 2. The molecule has 2 heterocycles. The zero-order chi connectivity index (χ0) is 29.6. The van der Waals surface area contributed by atoms with Crippen molar-refractivity contribution >= 4 is 37.3 Å². The van der Waals surface area contributed by atoms with Crippen molar-refractivity contribution in [3.8, 4) is 0 Å². The smallest absolute Gasteiger partial charge is 0.446 e.